The van der Waals surface area contributed by atoms with E-state index in [1.807, 2.05) is 6.92 Å². The minimum absolute atomic E-state index is 0.0392. The van der Waals surface area contributed by atoms with E-state index in [2.05, 4.69) is 22.5 Å². The van der Waals surface area contributed by atoms with Gasteiger partial charge in [0.2, 0.25) is 5.91 Å². The maximum absolute atomic E-state index is 12.1. The van der Waals surface area contributed by atoms with Crippen LogP contribution in [0.2, 0.25) is 0 Å². The monoisotopic (exact) mass is 269 g/mol. The van der Waals surface area contributed by atoms with Crippen LogP contribution in [0.1, 0.15) is 33.1 Å². The van der Waals surface area contributed by atoms with Crippen LogP contribution in [0.25, 0.3) is 0 Å². The van der Waals surface area contributed by atoms with Crippen LogP contribution in [0.4, 0.5) is 0 Å². The molecule has 5 heteroatoms. The molecule has 0 aromatic heterocycles. The third-order valence-electron chi connectivity index (χ3n) is 4.24. The molecule has 0 radical (unpaired) electrons. The van der Waals surface area contributed by atoms with E-state index in [0.29, 0.717) is 12.6 Å². The summed E-state index contributed by atoms with van der Waals surface area (Å²) in [5.41, 5.74) is 0. The fraction of sp³-hybridized carbons (Fsp3) is 0.929. The van der Waals surface area contributed by atoms with Gasteiger partial charge in [0.25, 0.3) is 0 Å². The second-order valence-electron chi connectivity index (χ2n) is 5.68. The molecule has 2 N–H and O–H groups in total. The predicted molar refractivity (Wildman–Crippen MR) is 75.1 cm³/mol. The highest BCUT2D eigenvalue weighted by atomic mass is 16.5. The van der Waals surface area contributed by atoms with Gasteiger partial charge in [0.05, 0.1) is 12.7 Å². The van der Waals surface area contributed by atoms with E-state index in [0.717, 1.165) is 26.2 Å². The number of piperidine rings is 1. The number of morpholine rings is 1. The highest BCUT2D eigenvalue weighted by molar-refractivity contribution is 5.82. The lowest BCUT2D eigenvalue weighted by Crippen LogP contribution is -2.56. The lowest BCUT2D eigenvalue weighted by molar-refractivity contribution is -0.129. The molecule has 0 aromatic rings. The van der Waals surface area contributed by atoms with E-state index in [9.17, 15) is 4.79 Å². The van der Waals surface area contributed by atoms with Crippen molar-refractivity contribution in [1.29, 1.82) is 0 Å². The zero-order valence-corrected chi connectivity index (χ0v) is 12.2. The summed E-state index contributed by atoms with van der Waals surface area (Å²) in [6.45, 7) is 8.52. The molecule has 2 aliphatic rings. The van der Waals surface area contributed by atoms with Crippen molar-refractivity contribution in [2.45, 2.75) is 51.3 Å². The standard InChI is InChI=1S/C14H27N3O2/c1-11-5-3-4-8-17(11)9-6-16-14(18)13-12(2)19-10-7-15-13/h11-13,15H,3-10H2,1-2H3,(H,16,18)/t11?,12-,13+/m1/s1. The fourth-order valence-corrected chi connectivity index (χ4v) is 2.95. The molecule has 0 saturated carbocycles. The zero-order chi connectivity index (χ0) is 13.7. The molecule has 2 aliphatic heterocycles. The molecular weight excluding hydrogens is 242 g/mol. The molecule has 0 spiro atoms. The zero-order valence-electron chi connectivity index (χ0n) is 12.2. The molecule has 0 aliphatic carbocycles. The van der Waals surface area contributed by atoms with Crippen LogP contribution < -0.4 is 10.6 Å². The average Bonchev–Trinajstić information content (AvgIpc) is 2.41. The van der Waals surface area contributed by atoms with Gasteiger partial charge in [-0.05, 0) is 33.2 Å². The van der Waals surface area contributed by atoms with Crippen LogP contribution in [0.15, 0.2) is 0 Å². The molecule has 19 heavy (non-hydrogen) atoms. The summed E-state index contributed by atoms with van der Waals surface area (Å²) in [7, 11) is 0. The number of carbonyl (C=O) groups excluding carboxylic acids is 1. The highest BCUT2D eigenvalue weighted by Crippen LogP contribution is 2.15. The molecule has 2 saturated heterocycles. The first-order valence-corrected chi connectivity index (χ1v) is 7.55. The van der Waals surface area contributed by atoms with Gasteiger partial charge in [-0.15, -0.1) is 0 Å². The first kappa shape index (κ1) is 14.8. The Morgan fingerprint density at radius 2 is 2.26 bits per heavy atom. The molecule has 0 bridgehead atoms. The average molecular weight is 269 g/mol. The normalized spacial score (nSPS) is 33.1. The molecule has 2 heterocycles. The SMILES string of the molecule is CC1CCCCN1CCNC(=O)[C@H]1NCCO[C@@H]1C. The van der Waals surface area contributed by atoms with E-state index >= 15 is 0 Å². The molecule has 2 fully saturated rings. The number of hydrogen-bond donors (Lipinski definition) is 2. The summed E-state index contributed by atoms with van der Waals surface area (Å²) in [5.74, 6) is 0.0665. The number of hydrogen-bond acceptors (Lipinski definition) is 4. The molecule has 2 rings (SSSR count). The van der Waals surface area contributed by atoms with Crippen molar-refractivity contribution >= 4 is 5.91 Å². The second kappa shape index (κ2) is 7.22. The van der Waals surface area contributed by atoms with Crippen LogP contribution in [0, 0.1) is 0 Å². The van der Waals surface area contributed by atoms with E-state index in [1.165, 1.54) is 19.3 Å². The Bertz CT molecular complexity index is 298. The first-order valence-electron chi connectivity index (χ1n) is 7.55. The highest BCUT2D eigenvalue weighted by Gasteiger charge is 2.28. The van der Waals surface area contributed by atoms with Crippen molar-refractivity contribution in [3.05, 3.63) is 0 Å². The topological polar surface area (TPSA) is 53.6 Å². The molecule has 110 valence electrons. The van der Waals surface area contributed by atoms with Crippen molar-refractivity contribution in [3.63, 3.8) is 0 Å². The van der Waals surface area contributed by atoms with Gasteiger partial charge in [-0.1, -0.05) is 6.42 Å². The Hall–Kier alpha value is -0.650. The third kappa shape index (κ3) is 4.16. The van der Waals surface area contributed by atoms with E-state index in [1.54, 1.807) is 0 Å². The van der Waals surface area contributed by atoms with Crippen molar-refractivity contribution in [1.82, 2.24) is 15.5 Å². The summed E-state index contributed by atoms with van der Waals surface area (Å²) in [4.78, 5) is 14.5. The van der Waals surface area contributed by atoms with Crippen LogP contribution >= 0.6 is 0 Å². The molecule has 0 aromatic carbocycles. The van der Waals surface area contributed by atoms with Gasteiger partial charge in [-0.25, -0.2) is 0 Å². The van der Waals surface area contributed by atoms with Crippen LogP contribution in [-0.2, 0) is 9.53 Å². The van der Waals surface area contributed by atoms with Crippen LogP contribution in [0.5, 0.6) is 0 Å². The Morgan fingerprint density at radius 3 is 3.00 bits per heavy atom. The van der Waals surface area contributed by atoms with E-state index < -0.39 is 0 Å². The fourth-order valence-electron chi connectivity index (χ4n) is 2.95. The molecule has 1 amide bonds. The number of amides is 1. The van der Waals surface area contributed by atoms with Crippen molar-refractivity contribution in [2.24, 2.45) is 0 Å². The maximum atomic E-state index is 12.1. The quantitative estimate of drug-likeness (QED) is 0.773. The van der Waals surface area contributed by atoms with Gasteiger partial charge < -0.3 is 15.4 Å². The largest absolute Gasteiger partial charge is 0.375 e. The summed E-state index contributed by atoms with van der Waals surface area (Å²) < 4.78 is 5.49. The minimum Gasteiger partial charge on any atom is -0.375 e. The molecule has 5 nitrogen and oxygen atoms in total. The summed E-state index contributed by atoms with van der Waals surface area (Å²) >= 11 is 0. The van der Waals surface area contributed by atoms with Crippen molar-refractivity contribution in [3.8, 4) is 0 Å². The Kier molecular flexibility index (Phi) is 5.60. The lowest BCUT2D eigenvalue weighted by Gasteiger charge is -2.34. The van der Waals surface area contributed by atoms with E-state index in [-0.39, 0.29) is 18.1 Å². The van der Waals surface area contributed by atoms with Gasteiger partial charge in [0.15, 0.2) is 0 Å². The third-order valence-corrected chi connectivity index (χ3v) is 4.24. The van der Waals surface area contributed by atoms with Gasteiger partial charge in [-0.2, -0.15) is 0 Å². The summed E-state index contributed by atoms with van der Waals surface area (Å²) in [5, 5.41) is 6.24. The number of nitrogens with zero attached hydrogens (tertiary/aromatic N) is 1. The summed E-state index contributed by atoms with van der Waals surface area (Å²) in [6.07, 6.45) is 3.86. The van der Waals surface area contributed by atoms with Gasteiger partial charge in [-0.3, -0.25) is 9.69 Å². The predicted octanol–water partition coefficient (Wildman–Crippen LogP) is 0.354. The Morgan fingerprint density at radius 1 is 1.42 bits per heavy atom. The Labute approximate surface area is 116 Å². The minimum atomic E-state index is -0.201. The van der Waals surface area contributed by atoms with Crippen molar-refractivity contribution < 1.29 is 9.53 Å². The van der Waals surface area contributed by atoms with Crippen LogP contribution in [-0.4, -0.2) is 61.8 Å². The lowest BCUT2D eigenvalue weighted by atomic mass is 10.0. The molecular formula is C14H27N3O2. The maximum Gasteiger partial charge on any atom is 0.239 e. The number of ether oxygens (including phenoxy) is 1. The smallest absolute Gasteiger partial charge is 0.239 e. The number of likely N-dealkylation sites (tertiary alicyclic amines) is 1. The second-order valence-corrected chi connectivity index (χ2v) is 5.68. The number of rotatable bonds is 4. The number of nitrogens with one attached hydrogen (secondary N) is 2. The van der Waals surface area contributed by atoms with Crippen molar-refractivity contribution in [2.75, 3.05) is 32.8 Å². The summed E-state index contributed by atoms with van der Waals surface area (Å²) in [6, 6.07) is 0.452. The van der Waals surface area contributed by atoms with E-state index in [4.69, 9.17) is 4.74 Å². The van der Waals surface area contributed by atoms with Gasteiger partial charge >= 0.3 is 0 Å². The first-order chi connectivity index (χ1) is 9.18. The molecule has 3 atom stereocenters. The van der Waals surface area contributed by atoms with Gasteiger partial charge in [0, 0.05) is 25.7 Å². The van der Waals surface area contributed by atoms with Crippen LogP contribution in [0.3, 0.4) is 0 Å². The van der Waals surface area contributed by atoms with Gasteiger partial charge in [0.1, 0.15) is 6.04 Å². The number of carbonyl (C=O) groups is 1. The Balaban J connectivity index is 1.68. The molecule has 1 unspecified atom stereocenters.